The maximum absolute atomic E-state index is 13.2. The van der Waals surface area contributed by atoms with Gasteiger partial charge in [0.25, 0.3) is 0 Å². The third-order valence-electron chi connectivity index (χ3n) is 20.7. The summed E-state index contributed by atoms with van der Waals surface area (Å²) in [6.07, 6.45) is 72.2. The SMILES string of the molecule is CCCCCCCCCCCCCCCCCCCCCCCC(=O)O[C@H](COC(=O)CCCCCCCCCCCCCCCCCC(C)C)COP(=O)(O)OC[C@@H](O)COP(=O)(O)OC[C@@H](COC(=O)CCCCCCCCCCCC(C)C)OC(=O)CCCCCCCCCCCCCCCCCC. The van der Waals surface area contributed by atoms with Crippen LogP contribution in [0.3, 0.4) is 0 Å². The molecule has 0 bridgehead atoms. The van der Waals surface area contributed by atoms with Crippen LogP contribution in [0.2, 0.25) is 0 Å². The van der Waals surface area contributed by atoms with Gasteiger partial charge in [-0.2, -0.15) is 0 Å². The number of carbonyl (C=O) groups is 4. The van der Waals surface area contributed by atoms with E-state index in [4.69, 9.17) is 37.0 Å². The van der Waals surface area contributed by atoms with Crippen molar-refractivity contribution in [1.82, 2.24) is 0 Å². The fourth-order valence-corrected chi connectivity index (χ4v) is 15.4. The second-order valence-corrected chi connectivity index (χ2v) is 35.5. The fraction of sp³-hybridized carbons (Fsp3) is 0.955. The molecule has 2 unspecified atom stereocenters. The highest BCUT2D eigenvalue weighted by molar-refractivity contribution is 7.47. The Morgan fingerprint density at radius 3 is 0.636 bits per heavy atom. The molecule has 0 aromatic carbocycles. The van der Waals surface area contributed by atoms with Crippen molar-refractivity contribution in [3.05, 3.63) is 0 Å². The highest BCUT2D eigenvalue weighted by atomic mass is 31.2. The highest BCUT2D eigenvalue weighted by Gasteiger charge is 2.30. The first-order chi connectivity index (χ1) is 51.9. The molecule has 0 aromatic heterocycles. The normalized spacial score (nSPS) is 13.8. The Labute approximate surface area is 658 Å². The van der Waals surface area contributed by atoms with Gasteiger partial charge >= 0.3 is 39.5 Å². The molecular weight excluding hydrogens is 1390 g/mol. The predicted molar refractivity (Wildman–Crippen MR) is 442 cm³/mol. The number of unbranched alkanes of at least 4 members (excludes halogenated alkanes) is 57. The lowest BCUT2D eigenvalue weighted by Gasteiger charge is -2.21. The molecule has 17 nitrogen and oxygen atoms in total. The minimum absolute atomic E-state index is 0.108. The number of phosphoric ester groups is 2. The van der Waals surface area contributed by atoms with Crippen LogP contribution in [0.5, 0.6) is 0 Å². The Hall–Kier alpha value is -1.94. The van der Waals surface area contributed by atoms with Crippen LogP contribution in [0.25, 0.3) is 0 Å². The Bertz CT molecular complexity index is 2050. The van der Waals surface area contributed by atoms with Crippen molar-refractivity contribution >= 4 is 39.5 Å². The molecule has 0 aliphatic heterocycles. The standard InChI is InChI=1S/C88H172O17P2/c1-7-9-11-13-15-17-19-21-23-25-26-27-28-29-33-38-42-48-55-61-67-73-87(92)104-83(76-98-85(90)70-64-58-52-46-40-36-34-30-31-35-39-44-50-56-62-68-80(3)4)78-102-106(94,95)100-74-82(89)75-101-107(96,97)103-79-84(77-99-86(91)71-65-59-53-49-43-45-51-57-63-69-81(5)6)105-88(93)72-66-60-54-47-41-37-32-24-22-20-18-16-14-12-10-8-2/h80-84,89H,7-79H2,1-6H3,(H,94,95)(H,96,97)/t82-,83-,84-/m1/s1. The smallest absolute Gasteiger partial charge is 0.462 e. The van der Waals surface area contributed by atoms with Crippen molar-refractivity contribution in [2.45, 2.75) is 490 Å². The fourth-order valence-electron chi connectivity index (χ4n) is 13.8. The summed E-state index contributed by atoms with van der Waals surface area (Å²) in [6, 6.07) is 0. The van der Waals surface area contributed by atoms with Gasteiger partial charge in [-0.1, -0.05) is 420 Å². The van der Waals surface area contributed by atoms with Gasteiger partial charge in [0.05, 0.1) is 26.4 Å². The van der Waals surface area contributed by atoms with Gasteiger partial charge in [0.15, 0.2) is 12.2 Å². The number of aliphatic hydroxyl groups is 1. The van der Waals surface area contributed by atoms with E-state index in [1.807, 2.05) is 0 Å². The summed E-state index contributed by atoms with van der Waals surface area (Å²) in [4.78, 5) is 73.3. The number of carbonyl (C=O) groups excluding carboxylic acids is 4. The number of rotatable bonds is 87. The topological polar surface area (TPSA) is 237 Å². The zero-order valence-corrected chi connectivity index (χ0v) is 72.2. The van der Waals surface area contributed by atoms with Crippen molar-refractivity contribution < 1.29 is 80.2 Å². The first-order valence-corrected chi connectivity index (χ1v) is 48.5. The monoisotopic (exact) mass is 1560 g/mol. The molecule has 0 aromatic rings. The third kappa shape index (κ3) is 81.9. The van der Waals surface area contributed by atoms with Gasteiger partial charge in [0, 0.05) is 25.7 Å². The summed E-state index contributed by atoms with van der Waals surface area (Å²) in [5.41, 5.74) is 0. The van der Waals surface area contributed by atoms with E-state index < -0.39 is 97.5 Å². The van der Waals surface area contributed by atoms with Crippen LogP contribution in [0, 0.1) is 11.8 Å². The molecule has 0 fully saturated rings. The largest absolute Gasteiger partial charge is 0.472 e. The van der Waals surface area contributed by atoms with Crippen LogP contribution in [-0.4, -0.2) is 96.7 Å². The molecular formula is C88H172O17P2. The van der Waals surface area contributed by atoms with E-state index in [9.17, 15) is 43.2 Å². The second kappa shape index (κ2) is 79.3. The van der Waals surface area contributed by atoms with Crippen molar-refractivity contribution in [3.8, 4) is 0 Å². The molecule has 0 radical (unpaired) electrons. The van der Waals surface area contributed by atoms with Gasteiger partial charge in [0.1, 0.15) is 19.3 Å². The van der Waals surface area contributed by atoms with Crippen molar-refractivity contribution in [2.24, 2.45) is 11.8 Å². The molecule has 0 saturated heterocycles. The first-order valence-electron chi connectivity index (χ1n) is 45.5. The Morgan fingerprint density at radius 2 is 0.430 bits per heavy atom. The van der Waals surface area contributed by atoms with Crippen LogP contribution >= 0.6 is 15.6 Å². The van der Waals surface area contributed by atoms with E-state index in [1.165, 1.54) is 289 Å². The summed E-state index contributed by atoms with van der Waals surface area (Å²) in [7, 11) is -9.93. The van der Waals surface area contributed by atoms with Crippen LogP contribution in [0.1, 0.15) is 472 Å². The molecule has 107 heavy (non-hydrogen) atoms. The molecule has 0 rings (SSSR count). The summed E-state index contributed by atoms with van der Waals surface area (Å²) in [5.74, 6) is -0.549. The maximum atomic E-state index is 13.2. The zero-order chi connectivity index (χ0) is 78.5. The maximum Gasteiger partial charge on any atom is 0.472 e. The number of hydrogen-bond acceptors (Lipinski definition) is 15. The minimum atomic E-state index is -4.97. The van der Waals surface area contributed by atoms with E-state index >= 15 is 0 Å². The van der Waals surface area contributed by atoms with Crippen LogP contribution in [0.4, 0.5) is 0 Å². The average Bonchev–Trinajstić information content (AvgIpc) is 0.983. The molecule has 0 amide bonds. The molecule has 0 aliphatic rings. The molecule has 0 aliphatic carbocycles. The zero-order valence-electron chi connectivity index (χ0n) is 70.5. The van der Waals surface area contributed by atoms with E-state index in [-0.39, 0.29) is 25.7 Å². The van der Waals surface area contributed by atoms with Crippen molar-refractivity contribution in [2.75, 3.05) is 39.6 Å². The van der Waals surface area contributed by atoms with Gasteiger partial charge < -0.3 is 33.8 Å². The van der Waals surface area contributed by atoms with Crippen LogP contribution < -0.4 is 0 Å². The van der Waals surface area contributed by atoms with Gasteiger partial charge in [0.2, 0.25) is 0 Å². The lowest BCUT2D eigenvalue weighted by molar-refractivity contribution is -0.161. The molecule has 0 heterocycles. The summed E-state index contributed by atoms with van der Waals surface area (Å²) < 4.78 is 69.0. The second-order valence-electron chi connectivity index (χ2n) is 32.6. The van der Waals surface area contributed by atoms with Crippen molar-refractivity contribution in [3.63, 3.8) is 0 Å². The summed E-state index contributed by atoms with van der Waals surface area (Å²) in [6.45, 7) is 9.70. The lowest BCUT2D eigenvalue weighted by Crippen LogP contribution is -2.30. The van der Waals surface area contributed by atoms with E-state index in [2.05, 4.69) is 41.5 Å². The highest BCUT2D eigenvalue weighted by Crippen LogP contribution is 2.45. The van der Waals surface area contributed by atoms with Gasteiger partial charge in [-0.3, -0.25) is 37.3 Å². The minimum Gasteiger partial charge on any atom is -0.462 e. The number of aliphatic hydroxyl groups excluding tert-OH is 1. The van der Waals surface area contributed by atoms with Crippen LogP contribution in [0.15, 0.2) is 0 Å². The van der Waals surface area contributed by atoms with Crippen LogP contribution in [-0.2, 0) is 65.4 Å². The summed E-state index contributed by atoms with van der Waals surface area (Å²) in [5, 5.41) is 10.7. The third-order valence-corrected chi connectivity index (χ3v) is 22.6. The predicted octanol–water partition coefficient (Wildman–Crippen LogP) is 27.0. The quantitative estimate of drug-likeness (QED) is 0.0222. The molecule has 3 N–H and O–H groups in total. The molecule has 0 saturated carbocycles. The lowest BCUT2D eigenvalue weighted by atomic mass is 10.0. The number of hydrogen-bond donors (Lipinski definition) is 3. The molecule has 0 spiro atoms. The Balaban J connectivity index is 5.25. The molecule has 19 heteroatoms. The molecule has 636 valence electrons. The van der Waals surface area contributed by atoms with Gasteiger partial charge in [-0.15, -0.1) is 0 Å². The van der Waals surface area contributed by atoms with Crippen molar-refractivity contribution in [1.29, 1.82) is 0 Å². The van der Waals surface area contributed by atoms with Gasteiger partial charge in [-0.25, -0.2) is 9.13 Å². The van der Waals surface area contributed by atoms with Gasteiger partial charge in [-0.05, 0) is 37.5 Å². The first kappa shape index (κ1) is 105. The molecule has 5 atom stereocenters. The number of ether oxygens (including phenoxy) is 4. The van der Waals surface area contributed by atoms with E-state index in [0.717, 1.165) is 102 Å². The van der Waals surface area contributed by atoms with E-state index in [1.54, 1.807) is 0 Å². The van der Waals surface area contributed by atoms with E-state index in [0.29, 0.717) is 25.7 Å². The average molecular weight is 1560 g/mol. The number of esters is 4. The summed E-state index contributed by atoms with van der Waals surface area (Å²) >= 11 is 0. The number of phosphoric acid groups is 2. The Morgan fingerprint density at radius 1 is 0.252 bits per heavy atom. The Kier molecular flexibility index (Phi) is 77.9.